The van der Waals surface area contributed by atoms with Crippen LogP contribution in [0.3, 0.4) is 0 Å². The van der Waals surface area contributed by atoms with Crippen LogP contribution in [0.15, 0.2) is 66.7 Å². The number of nitrogens with one attached hydrogen (secondary N) is 1. The summed E-state index contributed by atoms with van der Waals surface area (Å²) in [6.45, 7) is 0.395. The number of amides is 1. The third-order valence-electron chi connectivity index (χ3n) is 3.57. The molecule has 0 saturated heterocycles. The van der Waals surface area contributed by atoms with Crippen molar-refractivity contribution in [1.29, 1.82) is 0 Å². The molecule has 3 aromatic rings. The van der Waals surface area contributed by atoms with Crippen LogP contribution >= 0.6 is 0 Å². The van der Waals surface area contributed by atoms with Crippen LogP contribution < -0.4 is 14.8 Å². The zero-order chi connectivity index (χ0) is 18.9. The molecule has 27 heavy (non-hydrogen) atoms. The Balaban J connectivity index is 1.36. The van der Waals surface area contributed by atoms with E-state index in [0.717, 1.165) is 11.3 Å². The van der Waals surface area contributed by atoms with Crippen molar-refractivity contribution in [3.05, 3.63) is 72.5 Å². The normalized spacial score (nSPS) is 10.3. The molecule has 0 fully saturated rings. The minimum absolute atomic E-state index is 0.156. The first-order chi connectivity index (χ1) is 13.2. The number of halogens is 1. The van der Waals surface area contributed by atoms with Crippen molar-refractivity contribution in [3.8, 4) is 22.9 Å². The highest BCUT2D eigenvalue weighted by Crippen LogP contribution is 2.16. The van der Waals surface area contributed by atoms with E-state index in [1.807, 2.05) is 36.4 Å². The Morgan fingerprint density at radius 3 is 2.41 bits per heavy atom. The van der Waals surface area contributed by atoms with E-state index in [-0.39, 0.29) is 24.9 Å². The lowest BCUT2D eigenvalue weighted by Gasteiger charge is -2.08. The maximum absolute atomic E-state index is 12.8. The number of carbonyl (C=O) groups excluding carboxylic acids is 1. The Morgan fingerprint density at radius 1 is 0.926 bits per heavy atom. The summed E-state index contributed by atoms with van der Waals surface area (Å²) in [6.07, 6.45) is 0. The maximum atomic E-state index is 12.8. The van der Waals surface area contributed by atoms with Crippen LogP contribution in [0.25, 0.3) is 11.3 Å². The molecule has 3 rings (SSSR count). The van der Waals surface area contributed by atoms with Crippen molar-refractivity contribution >= 4 is 5.91 Å². The number of nitrogens with zero attached hydrogens (tertiary/aromatic N) is 2. The monoisotopic (exact) mass is 367 g/mol. The fourth-order valence-corrected chi connectivity index (χ4v) is 2.24. The Bertz CT molecular complexity index is 856. The van der Waals surface area contributed by atoms with Crippen molar-refractivity contribution in [2.75, 3.05) is 19.8 Å². The Kier molecular flexibility index (Phi) is 6.30. The van der Waals surface area contributed by atoms with Gasteiger partial charge in [0.1, 0.15) is 18.2 Å². The number of hydrogen-bond donors (Lipinski definition) is 1. The highest BCUT2D eigenvalue weighted by molar-refractivity contribution is 5.77. The van der Waals surface area contributed by atoms with Crippen LogP contribution in [-0.4, -0.2) is 35.9 Å². The summed E-state index contributed by atoms with van der Waals surface area (Å²) in [6, 6.07) is 18.7. The summed E-state index contributed by atoms with van der Waals surface area (Å²) >= 11 is 0. The SMILES string of the molecule is O=C(COc1ccc(F)cc1)NCCOc1ccc(-c2ccccc2)nn1. The van der Waals surface area contributed by atoms with Gasteiger partial charge in [-0.05, 0) is 30.3 Å². The molecule has 0 aliphatic heterocycles. The van der Waals surface area contributed by atoms with Crippen LogP contribution in [0.1, 0.15) is 0 Å². The van der Waals surface area contributed by atoms with Crippen LogP contribution in [0.4, 0.5) is 4.39 Å². The lowest BCUT2D eigenvalue weighted by atomic mass is 10.1. The molecular weight excluding hydrogens is 349 g/mol. The Hall–Kier alpha value is -3.48. The van der Waals surface area contributed by atoms with Crippen LogP contribution in [-0.2, 0) is 4.79 Å². The smallest absolute Gasteiger partial charge is 0.258 e. The predicted molar refractivity (Wildman–Crippen MR) is 97.9 cm³/mol. The molecule has 7 heteroatoms. The number of ether oxygens (including phenoxy) is 2. The molecule has 138 valence electrons. The van der Waals surface area contributed by atoms with Gasteiger partial charge in [-0.25, -0.2) is 4.39 Å². The number of carbonyl (C=O) groups is 1. The van der Waals surface area contributed by atoms with E-state index < -0.39 is 0 Å². The summed E-state index contributed by atoms with van der Waals surface area (Å²) < 4.78 is 23.5. The molecule has 1 aromatic heterocycles. The van der Waals surface area contributed by atoms with E-state index in [2.05, 4.69) is 15.5 Å². The summed E-state index contributed by atoms with van der Waals surface area (Å²) in [5.74, 6) is 0.153. The van der Waals surface area contributed by atoms with Crippen LogP contribution in [0, 0.1) is 5.82 Å². The van der Waals surface area contributed by atoms with E-state index in [4.69, 9.17) is 9.47 Å². The topological polar surface area (TPSA) is 73.3 Å². The van der Waals surface area contributed by atoms with Crippen molar-refractivity contribution in [2.45, 2.75) is 0 Å². The molecule has 0 spiro atoms. The molecule has 1 N–H and O–H groups in total. The van der Waals surface area contributed by atoms with Gasteiger partial charge in [-0.2, -0.15) is 0 Å². The van der Waals surface area contributed by atoms with Crippen molar-refractivity contribution < 1.29 is 18.7 Å². The molecule has 6 nitrogen and oxygen atoms in total. The average Bonchev–Trinajstić information content (AvgIpc) is 2.72. The number of hydrogen-bond acceptors (Lipinski definition) is 5. The molecule has 0 aliphatic carbocycles. The molecule has 0 bridgehead atoms. The summed E-state index contributed by atoms with van der Waals surface area (Å²) in [5, 5.41) is 10.8. The largest absolute Gasteiger partial charge is 0.484 e. The Morgan fingerprint density at radius 2 is 1.70 bits per heavy atom. The molecule has 0 aliphatic rings. The standard InChI is InChI=1S/C20H18FN3O3/c21-16-6-8-17(9-7-16)27-14-19(25)22-12-13-26-20-11-10-18(23-24-20)15-4-2-1-3-5-15/h1-11H,12-14H2,(H,22,25). The summed E-state index contributed by atoms with van der Waals surface area (Å²) in [7, 11) is 0. The average molecular weight is 367 g/mol. The zero-order valence-electron chi connectivity index (χ0n) is 14.5. The first kappa shape index (κ1) is 18.3. The van der Waals surface area contributed by atoms with Gasteiger partial charge in [-0.15, -0.1) is 10.2 Å². The van der Waals surface area contributed by atoms with Gasteiger partial charge in [0.2, 0.25) is 5.88 Å². The highest BCUT2D eigenvalue weighted by atomic mass is 19.1. The first-order valence-corrected chi connectivity index (χ1v) is 8.38. The molecule has 0 saturated carbocycles. The van der Waals surface area contributed by atoms with E-state index in [9.17, 15) is 9.18 Å². The summed E-state index contributed by atoms with van der Waals surface area (Å²) in [4.78, 5) is 11.7. The van der Waals surface area contributed by atoms with Gasteiger partial charge >= 0.3 is 0 Å². The minimum Gasteiger partial charge on any atom is -0.484 e. The van der Waals surface area contributed by atoms with Gasteiger partial charge in [0, 0.05) is 11.6 Å². The third-order valence-corrected chi connectivity index (χ3v) is 3.57. The predicted octanol–water partition coefficient (Wildman–Crippen LogP) is 2.86. The van der Waals surface area contributed by atoms with E-state index in [1.54, 1.807) is 6.07 Å². The summed E-state index contributed by atoms with van der Waals surface area (Å²) in [5.41, 5.74) is 1.74. The lowest BCUT2D eigenvalue weighted by molar-refractivity contribution is -0.123. The van der Waals surface area contributed by atoms with Crippen molar-refractivity contribution in [3.63, 3.8) is 0 Å². The number of benzene rings is 2. The maximum Gasteiger partial charge on any atom is 0.258 e. The molecule has 2 aromatic carbocycles. The van der Waals surface area contributed by atoms with Gasteiger partial charge < -0.3 is 14.8 Å². The fourth-order valence-electron chi connectivity index (χ4n) is 2.24. The molecule has 1 heterocycles. The second kappa shape index (κ2) is 9.28. The quantitative estimate of drug-likeness (QED) is 0.620. The van der Waals surface area contributed by atoms with Gasteiger partial charge in [0.25, 0.3) is 5.91 Å². The number of rotatable bonds is 8. The Labute approximate surface area is 156 Å². The van der Waals surface area contributed by atoms with Gasteiger partial charge in [-0.3, -0.25) is 4.79 Å². The van der Waals surface area contributed by atoms with E-state index in [1.165, 1.54) is 24.3 Å². The van der Waals surface area contributed by atoms with Crippen LogP contribution in [0.2, 0.25) is 0 Å². The fraction of sp³-hybridized carbons (Fsp3) is 0.150. The minimum atomic E-state index is -0.358. The highest BCUT2D eigenvalue weighted by Gasteiger charge is 2.04. The van der Waals surface area contributed by atoms with Crippen molar-refractivity contribution in [1.82, 2.24) is 15.5 Å². The molecule has 0 unspecified atom stereocenters. The molecule has 0 radical (unpaired) electrons. The molecule has 0 atom stereocenters. The van der Waals surface area contributed by atoms with Crippen molar-refractivity contribution in [2.24, 2.45) is 0 Å². The molecular formula is C20H18FN3O3. The third kappa shape index (κ3) is 5.78. The van der Waals surface area contributed by atoms with Crippen LogP contribution in [0.5, 0.6) is 11.6 Å². The zero-order valence-corrected chi connectivity index (χ0v) is 14.5. The van der Waals surface area contributed by atoms with Gasteiger partial charge in [-0.1, -0.05) is 30.3 Å². The molecule has 1 amide bonds. The van der Waals surface area contributed by atoms with Gasteiger partial charge in [0.15, 0.2) is 6.61 Å². The first-order valence-electron chi connectivity index (χ1n) is 8.38. The van der Waals surface area contributed by atoms with Gasteiger partial charge in [0.05, 0.1) is 12.2 Å². The van der Waals surface area contributed by atoms with E-state index >= 15 is 0 Å². The second-order valence-corrected chi connectivity index (χ2v) is 5.56. The second-order valence-electron chi connectivity index (χ2n) is 5.56. The van der Waals surface area contributed by atoms with E-state index in [0.29, 0.717) is 18.2 Å². The lowest BCUT2D eigenvalue weighted by Crippen LogP contribution is -2.32. The number of aromatic nitrogens is 2.